The average molecular weight is 309 g/mol. The van der Waals surface area contributed by atoms with Gasteiger partial charge in [0, 0.05) is 4.88 Å². The molecule has 0 aromatic carbocycles. The van der Waals surface area contributed by atoms with Gasteiger partial charge in [0.25, 0.3) is 0 Å². The highest BCUT2D eigenvalue weighted by Crippen LogP contribution is 2.31. The molecule has 0 bridgehead atoms. The number of hydrogen-bond acceptors (Lipinski definition) is 5. The molecule has 0 radical (unpaired) electrons. The monoisotopic (exact) mass is 309 g/mol. The Kier molecular flexibility index (Phi) is 5.47. The maximum absolute atomic E-state index is 11.9. The normalized spacial score (nSPS) is 13.3. The molecule has 0 saturated carbocycles. The lowest BCUT2D eigenvalue weighted by atomic mass is 9.99. The summed E-state index contributed by atoms with van der Waals surface area (Å²) in [5.74, 6) is -1.37. The van der Waals surface area contributed by atoms with Crippen LogP contribution in [0.2, 0.25) is 0 Å². The van der Waals surface area contributed by atoms with E-state index in [-0.39, 0.29) is 12.5 Å². The lowest BCUT2D eigenvalue weighted by Gasteiger charge is -2.24. The number of nitriles is 1. The molecule has 0 fully saturated rings. The Bertz CT molecular complexity index is 603. The van der Waals surface area contributed by atoms with Gasteiger partial charge in [-0.15, -0.1) is 11.3 Å². The van der Waals surface area contributed by atoms with Crippen LogP contribution in [-0.2, 0) is 9.59 Å². The number of thiophene rings is 1. The summed E-state index contributed by atoms with van der Waals surface area (Å²) in [6.45, 7) is 6.85. The van der Waals surface area contributed by atoms with E-state index in [1.807, 2.05) is 13.8 Å². The zero-order valence-corrected chi connectivity index (χ0v) is 13.3. The summed E-state index contributed by atoms with van der Waals surface area (Å²) in [5.41, 5.74) is 0.175. The van der Waals surface area contributed by atoms with Crippen molar-refractivity contribution in [3.8, 4) is 6.07 Å². The zero-order chi connectivity index (χ0) is 16.2. The standard InChI is InChI=1S/C14H19N3O3S/c1-5-14(4,13(19)20)16-7-11(18)17-12-10(6-15)8(2)9(3)21-12/h16H,5,7H2,1-4H3,(H,17,18)(H,19,20). The summed E-state index contributed by atoms with van der Waals surface area (Å²) < 4.78 is 0. The first-order chi connectivity index (χ1) is 9.75. The van der Waals surface area contributed by atoms with E-state index in [0.29, 0.717) is 17.0 Å². The van der Waals surface area contributed by atoms with Crippen LogP contribution in [0.25, 0.3) is 0 Å². The molecule has 0 spiro atoms. The molecule has 21 heavy (non-hydrogen) atoms. The van der Waals surface area contributed by atoms with Crippen LogP contribution in [0.4, 0.5) is 5.00 Å². The highest BCUT2D eigenvalue weighted by atomic mass is 32.1. The fourth-order valence-electron chi connectivity index (χ4n) is 1.65. The van der Waals surface area contributed by atoms with Crippen molar-refractivity contribution in [3.05, 3.63) is 16.0 Å². The van der Waals surface area contributed by atoms with Crippen molar-refractivity contribution in [3.63, 3.8) is 0 Å². The van der Waals surface area contributed by atoms with Gasteiger partial charge < -0.3 is 10.4 Å². The van der Waals surface area contributed by atoms with Gasteiger partial charge in [-0.05, 0) is 32.8 Å². The van der Waals surface area contributed by atoms with Crippen molar-refractivity contribution in [1.82, 2.24) is 5.32 Å². The number of anilines is 1. The summed E-state index contributed by atoms with van der Waals surface area (Å²) in [6, 6.07) is 2.07. The molecule has 0 aliphatic carbocycles. The highest BCUT2D eigenvalue weighted by Gasteiger charge is 2.31. The SMILES string of the molecule is CCC(C)(NCC(=O)Nc1sc(C)c(C)c1C#N)C(=O)O. The van der Waals surface area contributed by atoms with E-state index in [9.17, 15) is 9.59 Å². The number of nitrogens with one attached hydrogen (secondary N) is 2. The molecule has 7 heteroatoms. The van der Waals surface area contributed by atoms with Crippen LogP contribution in [-0.4, -0.2) is 29.1 Å². The van der Waals surface area contributed by atoms with E-state index in [0.717, 1.165) is 10.4 Å². The lowest BCUT2D eigenvalue weighted by Crippen LogP contribution is -2.51. The smallest absolute Gasteiger partial charge is 0.323 e. The van der Waals surface area contributed by atoms with Crippen molar-refractivity contribution in [2.75, 3.05) is 11.9 Å². The Labute approximate surface area is 127 Å². The van der Waals surface area contributed by atoms with Gasteiger partial charge in [0.05, 0.1) is 12.1 Å². The zero-order valence-electron chi connectivity index (χ0n) is 12.5. The van der Waals surface area contributed by atoms with Crippen LogP contribution in [0.15, 0.2) is 0 Å². The van der Waals surface area contributed by atoms with Gasteiger partial charge in [0.2, 0.25) is 5.91 Å². The second-order valence-electron chi connectivity index (χ2n) is 4.99. The minimum absolute atomic E-state index is 0.127. The third-order valence-corrected chi connectivity index (χ3v) is 4.69. The van der Waals surface area contributed by atoms with Gasteiger partial charge in [-0.3, -0.25) is 14.9 Å². The maximum Gasteiger partial charge on any atom is 0.323 e. The fraction of sp³-hybridized carbons (Fsp3) is 0.500. The number of aliphatic carboxylic acids is 1. The molecule has 1 aromatic heterocycles. The van der Waals surface area contributed by atoms with Crippen molar-refractivity contribution in [2.24, 2.45) is 0 Å². The first-order valence-corrected chi connectivity index (χ1v) is 7.35. The van der Waals surface area contributed by atoms with Crippen LogP contribution in [0.3, 0.4) is 0 Å². The average Bonchev–Trinajstić information content (AvgIpc) is 2.70. The lowest BCUT2D eigenvalue weighted by molar-refractivity contribution is -0.144. The van der Waals surface area contributed by atoms with Crippen LogP contribution in [0.5, 0.6) is 0 Å². The van der Waals surface area contributed by atoms with Gasteiger partial charge in [-0.1, -0.05) is 6.92 Å². The van der Waals surface area contributed by atoms with Crippen LogP contribution in [0.1, 0.15) is 36.3 Å². The van der Waals surface area contributed by atoms with E-state index < -0.39 is 11.5 Å². The van der Waals surface area contributed by atoms with Gasteiger partial charge in [0.15, 0.2) is 0 Å². The molecular formula is C14H19N3O3S. The maximum atomic E-state index is 11.9. The minimum Gasteiger partial charge on any atom is -0.480 e. The Morgan fingerprint density at radius 3 is 2.52 bits per heavy atom. The number of hydrogen-bond donors (Lipinski definition) is 3. The molecule has 6 nitrogen and oxygen atoms in total. The van der Waals surface area contributed by atoms with Crippen molar-refractivity contribution < 1.29 is 14.7 Å². The Hall–Kier alpha value is -1.91. The number of aryl methyl sites for hydroxylation is 1. The second kappa shape index (κ2) is 6.70. The number of carboxylic acids is 1. The van der Waals surface area contributed by atoms with Gasteiger partial charge in [-0.25, -0.2) is 0 Å². The molecule has 114 valence electrons. The van der Waals surface area contributed by atoms with E-state index in [1.54, 1.807) is 6.92 Å². The predicted molar refractivity (Wildman–Crippen MR) is 81.5 cm³/mol. The summed E-state index contributed by atoms with van der Waals surface area (Å²) in [7, 11) is 0. The number of rotatable bonds is 6. The summed E-state index contributed by atoms with van der Waals surface area (Å²) >= 11 is 1.34. The molecular weight excluding hydrogens is 290 g/mol. The Morgan fingerprint density at radius 2 is 2.05 bits per heavy atom. The summed E-state index contributed by atoms with van der Waals surface area (Å²) in [4.78, 5) is 24.0. The molecule has 0 aliphatic rings. The Morgan fingerprint density at radius 1 is 1.43 bits per heavy atom. The summed E-state index contributed by atoms with van der Waals surface area (Å²) in [6.07, 6.45) is 0.357. The molecule has 0 saturated heterocycles. The number of amides is 1. The van der Waals surface area contributed by atoms with E-state index in [2.05, 4.69) is 16.7 Å². The van der Waals surface area contributed by atoms with E-state index in [4.69, 9.17) is 10.4 Å². The summed E-state index contributed by atoms with van der Waals surface area (Å²) in [5, 5.41) is 24.1. The van der Waals surface area contributed by atoms with Gasteiger partial charge >= 0.3 is 5.97 Å². The first-order valence-electron chi connectivity index (χ1n) is 6.53. The topological polar surface area (TPSA) is 102 Å². The minimum atomic E-state index is -1.14. The van der Waals surface area contributed by atoms with Crippen molar-refractivity contribution >= 4 is 28.2 Å². The third-order valence-electron chi connectivity index (χ3n) is 3.57. The first kappa shape index (κ1) is 17.1. The second-order valence-corrected chi connectivity index (χ2v) is 6.22. The Balaban J connectivity index is 2.74. The molecule has 1 atom stereocenters. The van der Waals surface area contributed by atoms with E-state index in [1.165, 1.54) is 18.3 Å². The number of nitrogens with zero attached hydrogens (tertiary/aromatic N) is 1. The number of carbonyl (C=O) groups is 2. The molecule has 1 heterocycles. The van der Waals surface area contributed by atoms with Gasteiger partial charge in [0.1, 0.15) is 16.6 Å². The van der Waals surface area contributed by atoms with Crippen molar-refractivity contribution in [1.29, 1.82) is 5.26 Å². The van der Waals surface area contributed by atoms with Crippen LogP contribution in [0, 0.1) is 25.2 Å². The number of carboxylic acid groups (broad SMARTS) is 1. The predicted octanol–water partition coefficient (Wildman–Crippen LogP) is 2.02. The van der Waals surface area contributed by atoms with Crippen LogP contribution < -0.4 is 10.6 Å². The highest BCUT2D eigenvalue weighted by molar-refractivity contribution is 7.16. The molecule has 1 aromatic rings. The van der Waals surface area contributed by atoms with Crippen molar-refractivity contribution in [2.45, 2.75) is 39.7 Å². The molecule has 0 aliphatic heterocycles. The molecule has 1 rings (SSSR count). The van der Waals surface area contributed by atoms with Crippen LogP contribution >= 0.6 is 11.3 Å². The number of carbonyl (C=O) groups excluding carboxylic acids is 1. The molecule has 1 unspecified atom stereocenters. The molecule has 1 amide bonds. The third kappa shape index (κ3) is 3.80. The molecule has 3 N–H and O–H groups in total. The fourth-order valence-corrected chi connectivity index (χ4v) is 2.67. The van der Waals surface area contributed by atoms with E-state index >= 15 is 0 Å². The quantitative estimate of drug-likeness (QED) is 0.746. The van der Waals surface area contributed by atoms with Gasteiger partial charge in [-0.2, -0.15) is 5.26 Å². The largest absolute Gasteiger partial charge is 0.480 e.